The van der Waals surface area contributed by atoms with Crippen LogP contribution < -0.4 is 10.3 Å². The molecule has 0 spiro atoms. The van der Waals surface area contributed by atoms with Gasteiger partial charge in [0, 0.05) is 29.2 Å². The highest BCUT2D eigenvalue weighted by Crippen LogP contribution is 2.30. The summed E-state index contributed by atoms with van der Waals surface area (Å²) in [4.78, 5) is 18.2. The summed E-state index contributed by atoms with van der Waals surface area (Å²) in [5, 5.41) is 1.72. The molecule has 0 saturated heterocycles. The number of hydrogen-bond donors (Lipinski definition) is 0. The molecule has 33 heavy (non-hydrogen) atoms. The van der Waals surface area contributed by atoms with E-state index in [9.17, 15) is 4.79 Å². The minimum absolute atomic E-state index is 0.0413. The van der Waals surface area contributed by atoms with Crippen LogP contribution in [0.1, 0.15) is 22.6 Å². The molecule has 2 aromatic heterocycles. The first kappa shape index (κ1) is 20.8. The minimum atomic E-state index is -0.0413. The van der Waals surface area contributed by atoms with E-state index in [2.05, 4.69) is 30.7 Å². The van der Waals surface area contributed by atoms with Gasteiger partial charge in [0.1, 0.15) is 11.6 Å². The van der Waals surface area contributed by atoms with E-state index >= 15 is 0 Å². The predicted molar refractivity (Wildman–Crippen MR) is 135 cm³/mol. The third kappa shape index (κ3) is 3.72. The Morgan fingerprint density at radius 1 is 0.939 bits per heavy atom. The van der Waals surface area contributed by atoms with E-state index in [0.717, 1.165) is 33.5 Å². The molecule has 0 bridgehead atoms. The predicted octanol–water partition coefficient (Wildman–Crippen LogP) is 5.42. The van der Waals surface area contributed by atoms with E-state index in [1.54, 1.807) is 11.7 Å². The van der Waals surface area contributed by atoms with Crippen molar-refractivity contribution in [2.75, 3.05) is 7.11 Å². The van der Waals surface area contributed by atoms with Crippen molar-refractivity contribution in [3.8, 4) is 5.75 Å². The molecule has 0 N–H and O–H groups in total. The minimum Gasteiger partial charge on any atom is -0.497 e. The second kappa shape index (κ2) is 8.43. The van der Waals surface area contributed by atoms with E-state index in [0.29, 0.717) is 23.3 Å². The molecule has 5 heteroatoms. The lowest BCUT2D eigenvalue weighted by molar-refractivity contribution is 0.415. The zero-order valence-electron chi connectivity index (χ0n) is 18.9. The Bertz CT molecular complexity index is 1560. The second-order valence-corrected chi connectivity index (χ2v) is 8.14. The lowest BCUT2D eigenvalue weighted by Crippen LogP contribution is -2.24. The SMILES string of the molecule is COc1ccc2c(c1)c(/C=C/c1nc3ccccc3c(=O)n1Cc1ccccc1)c(C)n2C. The first-order valence-corrected chi connectivity index (χ1v) is 10.9. The lowest BCUT2D eigenvalue weighted by Gasteiger charge is -2.11. The Balaban J connectivity index is 1.68. The number of nitrogens with zero attached hydrogens (tertiary/aromatic N) is 3. The van der Waals surface area contributed by atoms with Crippen LogP contribution in [0, 0.1) is 6.92 Å². The Kier molecular flexibility index (Phi) is 5.31. The Hall–Kier alpha value is -4.12. The van der Waals surface area contributed by atoms with Crippen molar-refractivity contribution >= 4 is 34.0 Å². The normalized spacial score (nSPS) is 11.6. The zero-order valence-corrected chi connectivity index (χ0v) is 18.9. The van der Waals surface area contributed by atoms with Crippen LogP contribution in [0.25, 0.3) is 34.0 Å². The number of ether oxygens (including phenoxy) is 1. The van der Waals surface area contributed by atoms with Crippen molar-refractivity contribution in [2.24, 2.45) is 7.05 Å². The van der Waals surface area contributed by atoms with Crippen LogP contribution in [-0.4, -0.2) is 21.2 Å². The van der Waals surface area contributed by atoms with Crippen molar-refractivity contribution in [3.05, 3.63) is 106 Å². The van der Waals surface area contributed by atoms with E-state index in [4.69, 9.17) is 9.72 Å². The van der Waals surface area contributed by atoms with Gasteiger partial charge >= 0.3 is 0 Å². The Morgan fingerprint density at radius 3 is 2.48 bits per heavy atom. The fourth-order valence-electron chi connectivity index (χ4n) is 4.31. The van der Waals surface area contributed by atoms with E-state index in [1.165, 1.54) is 0 Å². The molecule has 0 amide bonds. The largest absolute Gasteiger partial charge is 0.497 e. The maximum absolute atomic E-state index is 13.4. The fourth-order valence-corrected chi connectivity index (χ4v) is 4.31. The van der Waals surface area contributed by atoms with Gasteiger partial charge in [-0.25, -0.2) is 4.98 Å². The number of aryl methyl sites for hydroxylation is 1. The average molecular weight is 436 g/mol. The molecule has 5 rings (SSSR count). The highest BCUT2D eigenvalue weighted by molar-refractivity contribution is 5.94. The van der Waals surface area contributed by atoms with E-state index in [-0.39, 0.29) is 5.56 Å². The van der Waals surface area contributed by atoms with Crippen LogP contribution in [0.4, 0.5) is 0 Å². The van der Waals surface area contributed by atoms with E-state index < -0.39 is 0 Å². The van der Waals surface area contributed by atoms with Crippen molar-refractivity contribution in [3.63, 3.8) is 0 Å². The Morgan fingerprint density at radius 2 is 1.70 bits per heavy atom. The number of fused-ring (bicyclic) bond motifs is 2. The third-order valence-corrected chi connectivity index (χ3v) is 6.22. The number of aromatic nitrogens is 3. The molecule has 0 unspecified atom stereocenters. The van der Waals surface area contributed by atoms with Gasteiger partial charge in [-0.1, -0.05) is 42.5 Å². The number of hydrogen-bond acceptors (Lipinski definition) is 3. The van der Waals surface area contributed by atoms with Gasteiger partial charge in [0.25, 0.3) is 5.56 Å². The number of para-hydroxylation sites is 1. The first-order valence-electron chi connectivity index (χ1n) is 10.9. The molecule has 0 radical (unpaired) electrons. The van der Waals surface area contributed by atoms with Gasteiger partial charge in [0.15, 0.2) is 0 Å². The lowest BCUT2D eigenvalue weighted by atomic mass is 10.1. The smallest absolute Gasteiger partial charge is 0.261 e. The summed E-state index contributed by atoms with van der Waals surface area (Å²) < 4.78 is 9.36. The summed E-state index contributed by atoms with van der Waals surface area (Å²) in [5.74, 6) is 1.44. The molecule has 5 nitrogen and oxygen atoms in total. The third-order valence-electron chi connectivity index (χ3n) is 6.22. The molecule has 164 valence electrons. The molecular weight excluding hydrogens is 410 g/mol. The van der Waals surface area contributed by atoms with Crippen molar-refractivity contribution in [1.29, 1.82) is 0 Å². The molecule has 5 aromatic rings. The van der Waals surface area contributed by atoms with Gasteiger partial charge in [-0.3, -0.25) is 9.36 Å². The molecule has 0 fully saturated rings. The van der Waals surface area contributed by atoms with Gasteiger partial charge < -0.3 is 9.30 Å². The highest BCUT2D eigenvalue weighted by atomic mass is 16.5. The van der Waals surface area contributed by atoms with Crippen LogP contribution in [0.5, 0.6) is 5.75 Å². The molecule has 2 heterocycles. The van der Waals surface area contributed by atoms with Gasteiger partial charge in [0.05, 0.1) is 24.6 Å². The maximum atomic E-state index is 13.4. The van der Waals surface area contributed by atoms with Gasteiger partial charge in [-0.05, 0) is 55.0 Å². The van der Waals surface area contributed by atoms with Gasteiger partial charge in [-0.15, -0.1) is 0 Å². The second-order valence-electron chi connectivity index (χ2n) is 8.14. The fraction of sp³-hybridized carbons (Fsp3) is 0.143. The summed E-state index contributed by atoms with van der Waals surface area (Å²) >= 11 is 0. The van der Waals surface area contributed by atoms with Crippen LogP contribution >= 0.6 is 0 Å². The van der Waals surface area contributed by atoms with E-state index in [1.807, 2.05) is 72.8 Å². The first-order chi connectivity index (χ1) is 16.1. The molecular formula is C28H25N3O2. The standard InChI is InChI=1S/C28H25N3O2/c1-19-22(24-17-21(33-3)13-15-26(24)30(19)2)14-16-27-29-25-12-8-7-11-23(25)28(32)31(27)18-20-9-5-4-6-10-20/h4-17H,18H2,1-3H3/b16-14+. The van der Waals surface area contributed by atoms with Gasteiger partial charge in [0.2, 0.25) is 0 Å². The Labute approximate surface area is 192 Å². The van der Waals surface area contributed by atoms with Crippen molar-refractivity contribution in [2.45, 2.75) is 13.5 Å². The average Bonchev–Trinajstić information content (AvgIpc) is 3.09. The molecule has 0 saturated carbocycles. The van der Waals surface area contributed by atoms with Crippen LogP contribution in [0.2, 0.25) is 0 Å². The monoisotopic (exact) mass is 435 g/mol. The van der Waals surface area contributed by atoms with Crippen molar-refractivity contribution in [1.82, 2.24) is 14.1 Å². The van der Waals surface area contributed by atoms with Crippen molar-refractivity contribution < 1.29 is 4.74 Å². The summed E-state index contributed by atoms with van der Waals surface area (Å²) in [6, 6.07) is 23.6. The molecule has 0 aliphatic heterocycles. The number of methoxy groups -OCH3 is 1. The maximum Gasteiger partial charge on any atom is 0.261 e. The van der Waals surface area contributed by atoms with Crippen LogP contribution in [-0.2, 0) is 13.6 Å². The van der Waals surface area contributed by atoms with Crippen LogP contribution in [0.15, 0.2) is 77.6 Å². The molecule has 3 aromatic carbocycles. The summed E-state index contributed by atoms with van der Waals surface area (Å²) in [5.41, 5.74) is 5.05. The molecule has 0 aliphatic carbocycles. The molecule has 0 aliphatic rings. The summed E-state index contributed by atoms with van der Waals surface area (Å²) in [6.45, 7) is 2.55. The molecule has 0 atom stereocenters. The van der Waals surface area contributed by atoms with Gasteiger partial charge in [-0.2, -0.15) is 0 Å². The number of rotatable bonds is 5. The zero-order chi connectivity index (χ0) is 22.9. The number of benzene rings is 3. The topological polar surface area (TPSA) is 49.0 Å². The highest BCUT2D eigenvalue weighted by Gasteiger charge is 2.13. The van der Waals surface area contributed by atoms with Crippen LogP contribution in [0.3, 0.4) is 0 Å². The quantitative estimate of drug-likeness (QED) is 0.370. The summed E-state index contributed by atoms with van der Waals surface area (Å²) in [6.07, 6.45) is 3.99. The summed E-state index contributed by atoms with van der Waals surface area (Å²) in [7, 11) is 3.73.